The number of carbonyl (C=O) groups is 2. The first kappa shape index (κ1) is 16.9. The van der Waals surface area contributed by atoms with E-state index < -0.39 is 0 Å². The fourth-order valence-corrected chi connectivity index (χ4v) is 2.56. The summed E-state index contributed by atoms with van der Waals surface area (Å²) in [5, 5.41) is 6.01. The number of hydrogen-bond donors (Lipinski definition) is 2. The Hall–Kier alpha value is -1.44. The minimum atomic E-state index is -0.226. The van der Waals surface area contributed by atoms with Crippen LogP contribution in [0.1, 0.15) is 6.42 Å². The van der Waals surface area contributed by atoms with Crippen LogP contribution in [-0.4, -0.2) is 56.1 Å². The van der Waals surface area contributed by atoms with E-state index in [2.05, 4.69) is 26.6 Å². The molecular formula is C15H20BrN3O3. The van der Waals surface area contributed by atoms with Crippen LogP contribution >= 0.6 is 15.9 Å². The molecule has 0 spiro atoms. The van der Waals surface area contributed by atoms with Crippen LogP contribution in [0.25, 0.3) is 0 Å². The van der Waals surface area contributed by atoms with Crippen molar-refractivity contribution >= 4 is 33.4 Å². The number of carbonyl (C=O) groups excluding carboxylic acids is 2. The Morgan fingerprint density at radius 2 is 2.23 bits per heavy atom. The lowest BCUT2D eigenvalue weighted by atomic mass is 10.2. The molecule has 0 aliphatic carbocycles. The molecule has 2 N–H and O–H groups in total. The monoisotopic (exact) mass is 369 g/mol. The molecule has 1 aliphatic heterocycles. The average molecular weight is 370 g/mol. The molecule has 0 radical (unpaired) electrons. The lowest BCUT2D eigenvalue weighted by molar-refractivity contribution is -0.134. The van der Waals surface area contributed by atoms with Crippen molar-refractivity contribution in [2.24, 2.45) is 0 Å². The Morgan fingerprint density at radius 1 is 1.45 bits per heavy atom. The molecular weight excluding hydrogens is 350 g/mol. The summed E-state index contributed by atoms with van der Waals surface area (Å²) < 4.78 is 6.12. The smallest absolute Gasteiger partial charge is 0.244 e. The van der Waals surface area contributed by atoms with Crippen LogP contribution in [0.2, 0.25) is 0 Å². The van der Waals surface area contributed by atoms with Gasteiger partial charge in [-0.05, 0) is 28.1 Å². The third-order valence-corrected chi connectivity index (χ3v) is 4.07. The molecule has 1 aliphatic rings. The largest absolute Gasteiger partial charge is 0.378 e. The Labute approximate surface area is 138 Å². The molecule has 0 saturated carbocycles. The topological polar surface area (TPSA) is 70.7 Å². The Balaban J connectivity index is 1.80. The number of ether oxygens (including phenoxy) is 1. The number of likely N-dealkylation sites (N-methyl/N-ethyl adjacent to an activating group) is 1. The zero-order chi connectivity index (χ0) is 15.9. The van der Waals surface area contributed by atoms with Gasteiger partial charge in [0, 0.05) is 30.5 Å². The Bertz CT molecular complexity index is 533. The van der Waals surface area contributed by atoms with E-state index in [1.165, 1.54) is 4.90 Å². The predicted octanol–water partition coefficient (Wildman–Crippen LogP) is 1.22. The number of hydrogen-bond acceptors (Lipinski definition) is 4. The van der Waals surface area contributed by atoms with Crippen molar-refractivity contribution in [3.05, 3.63) is 28.7 Å². The molecule has 1 atom stereocenters. The lowest BCUT2D eigenvalue weighted by Crippen LogP contribution is -2.45. The molecule has 120 valence electrons. The molecule has 1 heterocycles. The van der Waals surface area contributed by atoms with Crippen LogP contribution in [0.3, 0.4) is 0 Å². The van der Waals surface area contributed by atoms with Gasteiger partial charge in [-0.3, -0.25) is 9.59 Å². The van der Waals surface area contributed by atoms with Crippen molar-refractivity contribution in [2.45, 2.75) is 12.5 Å². The van der Waals surface area contributed by atoms with Crippen LogP contribution in [0.4, 0.5) is 5.69 Å². The van der Waals surface area contributed by atoms with Crippen LogP contribution in [0, 0.1) is 0 Å². The molecule has 22 heavy (non-hydrogen) atoms. The number of anilines is 1. The maximum atomic E-state index is 12.1. The van der Waals surface area contributed by atoms with Gasteiger partial charge in [-0.15, -0.1) is 0 Å². The van der Waals surface area contributed by atoms with Gasteiger partial charge in [-0.25, -0.2) is 0 Å². The van der Waals surface area contributed by atoms with Crippen molar-refractivity contribution in [2.75, 3.05) is 38.7 Å². The van der Waals surface area contributed by atoms with E-state index in [-0.39, 0.29) is 24.4 Å². The molecule has 1 aromatic carbocycles. The SMILES string of the molecule is CN(CC(=O)Nc1ccccc1Br)C(=O)CC1COCCN1. The fourth-order valence-electron chi connectivity index (χ4n) is 2.17. The van der Waals surface area contributed by atoms with E-state index in [4.69, 9.17) is 4.74 Å². The Morgan fingerprint density at radius 3 is 2.91 bits per heavy atom. The molecule has 1 aromatic rings. The molecule has 1 fully saturated rings. The number of para-hydroxylation sites is 1. The highest BCUT2D eigenvalue weighted by atomic mass is 79.9. The molecule has 2 rings (SSSR count). The van der Waals surface area contributed by atoms with E-state index in [0.29, 0.717) is 25.3 Å². The van der Waals surface area contributed by atoms with Gasteiger partial charge < -0.3 is 20.3 Å². The lowest BCUT2D eigenvalue weighted by Gasteiger charge is -2.25. The van der Waals surface area contributed by atoms with Crippen molar-refractivity contribution in [3.63, 3.8) is 0 Å². The second-order valence-corrected chi connectivity index (χ2v) is 6.06. The minimum absolute atomic E-state index is 0.0216. The third-order valence-electron chi connectivity index (χ3n) is 3.37. The molecule has 7 heteroatoms. The summed E-state index contributed by atoms with van der Waals surface area (Å²) in [7, 11) is 1.63. The zero-order valence-corrected chi connectivity index (χ0v) is 14.1. The van der Waals surface area contributed by atoms with Crippen LogP contribution in [-0.2, 0) is 14.3 Å². The van der Waals surface area contributed by atoms with Crippen molar-refractivity contribution in [1.29, 1.82) is 0 Å². The summed E-state index contributed by atoms with van der Waals surface area (Å²) in [4.78, 5) is 25.5. The summed E-state index contributed by atoms with van der Waals surface area (Å²) in [6, 6.07) is 7.38. The molecule has 0 aromatic heterocycles. The zero-order valence-electron chi connectivity index (χ0n) is 12.5. The summed E-state index contributed by atoms with van der Waals surface area (Å²) >= 11 is 3.37. The summed E-state index contributed by atoms with van der Waals surface area (Å²) in [5.41, 5.74) is 0.690. The van der Waals surface area contributed by atoms with Crippen LogP contribution in [0.15, 0.2) is 28.7 Å². The molecule has 1 saturated heterocycles. The van der Waals surface area contributed by atoms with Crippen LogP contribution < -0.4 is 10.6 Å². The number of benzene rings is 1. The predicted molar refractivity (Wildman–Crippen MR) is 87.6 cm³/mol. The van der Waals surface area contributed by atoms with E-state index >= 15 is 0 Å². The van der Waals surface area contributed by atoms with Gasteiger partial charge in [0.05, 0.1) is 25.4 Å². The maximum Gasteiger partial charge on any atom is 0.244 e. The first-order chi connectivity index (χ1) is 10.6. The average Bonchev–Trinajstić information content (AvgIpc) is 2.50. The molecule has 0 bridgehead atoms. The number of halogens is 1. The highest BCUT2D eigenvalue weighted by Crippen LogP contribution is 2.20. The maximum absolute atomic E-state index is 12.1. The molecule has 1 unspecified atom stereocenters. The fraction of sp³-hybridized carbons (Fsp3) is 0.467. The summed E-state index contributed by atoms with van der Waals surface area (Å²) in [6.07, 6.45) is 0.332. The second kappa shape index (κ2) is 8.26. The summed E-state index contributed by atoms with van der Waals surface area (Å²) in [5.74, 6) is -0.305. The first-order valence-electron chi connectivity index (χ1n) is 7.15. The minimum Gasteiger partial charge on any atom is -0.378 e. The Kier molecular flexibility index (Phi) is 6.35. The van der Waals surface area contributed by atoms with E-state index in [9.17, 15) is 9.59 Å². The summed E-state index contributed by atoms with van der Waals surface area (Å²) in [6.45, 7) is 1.98. The van der Waals surface area contributed by atoms with Crippen molar-refractivity contribution < 1.29 is 14.3 Å². The standard InChI is InChI=1S/C15H20BrN3O3/c1-19(15(21)8-11-10-22-7-6-17-11)9-14(20)18-13-5-3-2-4-12(13)16/h2-5,11,17H,6-10H2,1H3,(H,18,20). The van der Waals surface area contributed by atoms with E-state index in [0.717, 1.165) is 11.0 Å². The molecule has 2 amide bonds. The second-order valence-electron chi connectivity index (χ2n) is 5.21. The van der Waals surface area contributed by atoms with Gasteiger partial charge in [0.2, 0.25) is 11.8 Å². The normalized spacial score (nSPS) is 17.8. The molecule has 6 nitrogen and oxygen atoms in total. The van der Waals surface area contributed by atoms with Gasteiger partial charge in [0.1, 0.15) is 0 Å². The van der Waals surface area contributed by atoms with Gasteiger partial charge in [0.25, 0.3) is 0 Å². The van der Waals surface area contributed by atoms with Gasteiger partial charge in [0.15, 0.2) is 0 Å². The van der Waals surface area contributed by atoms with Gasteiger partial charge >= 0.3 is 0 Å². The third kappa shape index (κ3) is 5.08. The van der Waals surface area contributed by atoms with E-state index in [1.807, 2.05) is 18.2 Å². The number of nitrogens with zero attached hydrogens (tertiary/aromatic N) is 1. The van der Waals surface area contributed by atoms with Crippen molar-refractivity contribution in [1.82, 2.24) is 10.2 Å². The van der Waals surface area contributed by atoms with Gasteiger partial charge in [-0.1, -0.05) is 12.1 Å². The number of amides is 2. The first-order valence-corrected chi connectivity index (χ1v) is 7.95. The number of rotatable bonds is 5. The number of morpholine rings is 1. The highest BCUT2D eigenvalue weighted by molar-refractivity contribution is 9.10. The highest BCUT2D eigenvalue weighted by Gasteiger charge is 2.20. The van der Waals surface area contributed by atoms with Gasteiger partial charge in [-0.2, -0.15) is 0 Å². The van der Waals surface area contributed by atoms with Crippen molar-refractivity contribution in [3.8, 4) is 0 Å². The van der Waals surface area contributed by atoms with Crippen LogP contribution in [0.5, 0.6) is 0 Å². The van der Waals surface area contributed by atoms with E-state index in [1.54, 1.807) is 13.1 Å². The number of nitrogens with one attached hydrogen (secondary N) is 2. The quantitative estimate of drug-likeness (QED) is 0.818.